The van der Waals surface area contributed by atoms with E-state index in [1.54, 1.807) is 13.2 Å². The van der Waals surface area contributed by atoms with Crippen LogP contribution >= 0.6 is 0 Å². The molecule has 2 N–H and O–H groups in total. The van der Waals surface area contributed by atoms with E-state index < -0.39 is 11.9 Å². The zero-order chi connectivity index (χ0) is 20.4. The van der Waals surface area contributed by atoms with E-state index in [2.05, 4.69) is 25.5 Å². The maximum Gasteiger partial charge on any atom is 0.291 e. The van der Waals surface area contributed by atoms with Crippen LogP contribution in [-0.4, -0.2) is 45.1 Å². The van der Waals surface area contributed by atoms with Crippen molar-refractivity contribution in [3.8, 4) is 0 Å². The van der Waals surface area contributed by atoms with Gasteiger partial charge in [0.05, 0.1) is 0 Å². The summed E-state index contributed by atoms with van der Waals surface area (Å²) in [6.07, 6.45) is 2.84. The number of benzene rings is 1. The summed E-state index contributed by atoms with van der Waals surface area (Å²) in [5, 5.41) is 9.64. The van der Waals surface area contributed by atoms with Gasteiger partial charge < -0.3 is 5.32 Å². The Morgan fingerprint density at radius 2 is 2.03 bits per heavy atom. The van der Waals surface area contributed by atoms with E-state index in [9.17, 15) is 9.59 Å². The number of hydrogen-bond donors (Lipinski definition) is 2. The average Bonchev–Trinajstić information content (AvgIpc) is 3.17. The molecule has 0 fully saturated rings. The zero-order valence-corrected chi connectivity index (χ0v) is 16.3. The normalized spacial score (nSPS) is 18.8. The standard InChI is InChI=1S/C21H22N6O2/c1-13-11-15-9-6-10-22-19(15)27(2)21(29)17(13)24-20(28)18-23-16(25-26-18)12-14-7-4-3-5-8-14/h3-10,13,17H,11-12H2,1-2H3,(H,24,28)(H,23,25,26)/t13-,17-/m1/s1. The van der Waals surface area contributed by atoms with Crippen LogP contribution in [0.2, 0.25) is 0 Å². The highest BCUT2D eigenvalue weighted by molar-refractivity contribution is 6.01. The molecule has 1 aromatic carbocycles. The minimum absolute atomic E-state index is 0.0264. The fraction of sp³-hybridized carbons (Fsp3) is 0.286. The predicted molar refractivity (Wildman–Crippen MR) is 107 cm³/mol. The van der Waals surface area contributed by atoms with Crippen molar-refractivity contribution < 1.29 is 9.59 Å². The lowest BCUT2D eigenvalue weighted by Crippen LogP contribution is -2.50. The molecule has 0 radical (unpaired) electrons. The Morgan fingerprint density at radius 3 is 2.83 bits per heavy atom. The molecule has 8 heteroatoms. The lowest BCUT2D eigenvalue weighted by Gasteiger charge is -2.23. The van der Waals surface area contributed by atoms with Crippen LogP contribution in [-0.2, 0) is 17.6 Å². The molecule has 2 amide bonds. The van der Waals surface area contributed by atoms with Crippen LogP contribution in [0.5, 0.6) is 0 Å². The molecule has 2 atom stereocenters. The number of likely N-dealkylation sites (N-methyl/N-ethyl adjacent to an activating group) is 1. The predicted octanol–water partition coefficient (Wildman–Crippen LogP) is 1.74. The molecule has 2 aromatic heterocycles. The van der Waals surface area contributed by atoms with Gasteiger partial charge in [-0.3, -0.25) is 19.6 Å². The smallest absolute Gasteiger partial charge is 0.291 e. The zero-order valence-electron chi connectivity index (χ0n) is 16.3. The van der Waals surface area contributed by atoms with Crippen molar-refractivity contribution in [3.05, 3.63) is 71.4 Å². The van der Waals surface area contributed by atoms with Crippen LogP contribution in [0.4, 0.5) is 5.82 Å². The van der Waals surface area contributed by atoms with Crippen molar-refractivity contribution in [1.29, 1.82) is 0 Å². The van der Waals surface area contributed by atoms with Crippen LogP contribution in [0.1, 0.15) is 34.5 Å². The minimum atomic E-state index is -0.683. The first-order valence-corrected chi connectivity index (χ1v) is 9.50. The van der Waals surface area contributed by atoms with Crippen molar-refractivity contribution in [1.82, 2.24) is 25.5 Å². The van der Waals surface area contributed by atoms with Crippen LogP contribution in [0.25, 0.3) is 0 Å². The number of fused-ring (bicyclic) bond motifs is 1. The molecule has 148 valence electrons. The van der Waals surface area contributed by atoms with Gasteiger partial charge in [-0.1, -0.05) is 43.3 Å². The van der Waals surface area contributed by atoms with E-state index in [-0.39, 0.29) is 17.6 Å². The Bertz CT molecular complexity index is 1030. The number of nitrogens with one attached hydrogen (secondary N) is 2. The average molecular weight is 390 g/mol. The topological polar surface area (TPSA) is 104 Å². The largest absolute Gasteiger partial charge is 0.337 e. The Labute approximate surface area is 168 Å². The highest BCUT2D eigenvalue weighted by Gasteiger charge is 2.35. The second-order valence-electron chi connectivity index (χ2n) is 7.28. The lowest BCUT2D eigenvalue weighted by atomic mass is 9.95. The molecule has 0 saturated carbocycles. The second kappa shape index (κ2) is 7.83. The van der Waals surface area contributed by atoms with Gasteiger partial charge in [-0.25, -0.2) is 9.97 Å². The molecule has 4 rings (SSSR count). The number of aromatic nitrogens is 4. The molecule has 0 unspecified atom stereocenters. The van der Waals surface area contributed by atoms with Gasteiger partial charge in [0.2, 0.25) is 5.82 Å². The maximum atomic E-state index is 13.0. The van der Waals surface area contributed by atoms with Gasteiger partial charge in [0.1, 0.15) is 17.7 Å². The number of carbonyl (C=O) groups is 2. The van der Waals surface area contributed by atoms with E-state index >= 15 is 0 Å². The van der Waals surface area contributed by atoms with E-state index in [1.165, 1.54) is 4.90 Å². The second-order valence-corrected chi connectivity index (χ2v) is 7.28. The molecule has 1 aliphatic heterocycles. The van der Waals surface area contributed by atoms with Gasteiger partial charge in [0.15, 0.2) is 0 Å². The van der Waals surface area contributed by atoms with Gasteiger partial charge in [0.25, 0.3) is 11.8 Å². The fourth-order valence-corrected chi connectivity index (χ4v) is 3.59. The first kappa shape index (κ1) is 18.8. The summed E-state index contributed by atoms with van der Waals surface area (Å²) < 4.78 is 0. The molecule has 0 spiro atoms. The van der Waals surface area contributed by atoms with Crippen LogP contribution in [0, 0.1) is 5.92 Å². The number of hydrogen-bond acceptors (Lipinski definition) is 5. The van der Waals surface area contributed by atoms with Crippen molar-refractivity contribution >= 4 is 17.6 Å². The minimum Gasteiger partial charge on any atom is -0.337 e. The quantitative estimate of drug-likeness (QED) is 0.706. The van der Waals surface area contributed by atoms with E-state index in [0.717, 1.165) is 11.1 Å². The number of aromatic amines is 1. The molecule has 3 heterocycles. The number of nitrogens with zero attached hydrogens (tertiary/aromatic N) is 4. The van der Waals surface area contributed by atoms with Gasteiger partial charge in [-0.2, -0.15) is 0 Å². The third kappa shape index (κ3) is 3.87. The van der Waals surface area contributed by atoms with Gasteiger partial charge in [-0.05, 0) is 29.5 Å². The van der Waals surface area contributed by atoms with E-state index in [1.807, 2.05) is 49.4 Å². The Balaban J connectivity index is 1.49. The summed E-state index contributed by atoms with van der Waals surface area (Å²) in [6.45, 7) is 1.94. The summed E-state index contributed by atoms with van der Waals surface area (Å²) >= 11 is 0. The highest BCUT2D eigenvalue weighted by Crippen LogP contribution is 2.26. The number of rotatable bonds is 4. The lowest BCUT2D eigenvalue weighted by molar-refractivity contribution is -0.121. The molecule has 3 aromatic rings. The SMILES string of the molecule is C[C@@H]1Cc2cccnc2N(C)C(=O)[C@@H]1NC(=O)c1n[nH]c(Cc2ccccc2)n1. The fourth-order valence-electron chi connectivity index (χ4n) is 3.59. The number of anilines is 1. The van der Waals surface area contributed by atoms with Gasteiger partial charge in [-0.15, -0.1) is 5.10 Å². The molecule has 0 aliphatic carbocycles. The maximum absolute atomic E-state index is 13.0. The van der Waals surface area contributed by atoms with Crippen molar-refractivity contribution in [3.63, 3.8) is 0 Å². The third-order valence-corrected chi connectivity index (χ3v) is 5.13. The monoisotopic (exact) mass is 390 g/mol. The molecule has 1 aliphatic rings. The number of pyridine rings is 1. The number of amides is 2. The van der Waals surface area contributed by atoms with Crippen molar-refractivity contribution in [2.24, 2.45) is 5.92 Å². The summed E-state index contributed by atoms with van der Waals surface area (Å²) in [6, 6.07) is 12.9. The van der Waals surface area contributed by atoms with E-state index in [0.29, 0.717) is 24.5 Å². The van der Waals surface area contributed by atoms with Crippen LogP contribution in [0.3, 0.4) is 0 Å². The Hall–Kier alpha value is -3.55. The molecule has 8 nitrogen and oxygen atoms in total. The molecule has 0 bridgehead atoms. The first-order chi connectivity index (χ1) is 14.0. The Morgan fingerprint density at radius 1 is 1.24 bits per heavy atom. The summed E-state index contributed by atoms with van der Waals surface area (Å²) in [5.74, 6) is 0.474. The number of carbonyl (C=O) groups excluding carboxylic acids is 2. The van der Waals surface area contributed by atoms with Crippen LogP contribution < -0.4 is 10.2 Å². The molecule has 29 heavy (non-hydrogen) atoms. The van der Waals surface area contributed by atoms with Crippen molar-refractivity contribution in [2.75, 3.05) is 11.9 Å². The van der Waals surface area contributed by atoms with Gasteiger partial charge in [0, 0.05) is 19.7 Å². The summed E-state index contributed by atoms with van der Waals surface area (Å²) in [5.41, 5.74) is 2.05. The molecule has 0 saturated heterocycles. The Kier molecular flexibility index (Phi) is 5.07. The van der Waals surface area contributed by atoms with Gasteiger partial charge >= 0.3 is 0 Å². The van der Waals surface area contributed by atoms with Crippen molar-refractivity contribution in [2.45, 2.75) is 25.8 Å². The highest BCUT2D eigenvalue weighted by atomic mass is 16.2. The summed E-state index contributed by atoms with van der Waals surface area (Å²) in [4.78, 5) is 35.8. The first-order valence-electron chi connectivity index (χ1n) is 9.50. The molecular formula is C21H22N6O2. The third-order valence-electron chi connectivity index (χ3n) is 5.13. The summed E-state index contributed by atoms with van der Waals surface area (Å²) in [7, 11) is 1.68. The number of H-pyrrole nitrogens is 1. The van der Waals surface area contributed by atoms with E-state index in [4.69, 9.17) is 0 Å². The molecular weight excluding hydrogens is 368 g/mol. The van der Waals surface area contributed by atoms with Crippen LogP contribution in [0.15, 0.2) is 48.7 Å².